The lowest BCUT2D eigenvalue weighted by atomic mass is 9.79. The van der Waals surface area contributed by atoms with Crippen LogP contribution in [0.1, 0.15) is 41.7 Å². The van der Waals surface area contributed by atoms with E-state index in [1.807, 2.05) is 0 Å². The Bertz CT molecular complexity index is 545. The number of aromatic nitrogens is 1. The van der Waals surface area contributed by atoms with Crippen LogP contribution < -0.4 is 11.1 Å². The van der Waals surface area contributed by atoms with Gasteiger partial charge in [-0.3, -0.25) is 9.59 Å². The highest BCUT2D eigenvalue weighted by Gasteiger charge is 2.30. The first kappa shape index (κ1) is 15.3. The van der Waals surface area contributed by atoms with Gasteiger partial charge in [-0.15, -0.1) is 0 Å². The molecule has 1 aliphatic rings. The number of nitrogens with zero attached hydrogens (tertiary/aromatic N) is 1. The standard InChI is InChI=1S/C15H21N3O3/c1-9-6-11(14(16)19)7-13(18-9)17-8-10-4-2-3-5-12(10)15(20)21/h6-7,10,12H,2-5,8H2,1H3,(H2,16,19)(H,17,18)(H,20,21). The van der Waals surface area contributed by atoms with Crippen molar-refractivity contribution in [1.82, 2.24) is 4.98 Å². The highest BCUT2D eigenvalue weighted by Crippen LogP contribution is 2.30. The molecule has 2 unspecified atom stereocenters. The first-order valence-corrected chi connectivity index (χ1v) is 7.22. The van der Waals surface area contributed by atoms with Gasteiger partial charge in [0.05, 0.1) is 5.92 Å². The van der Waals surface area contributed by atoms with Gasteiger partial charge >= 0.3 is 5.97 Å². The zero-order chi connectivity index (χ0) is 15.4. The molecule has 1 fully saturated rings. The molecule has 2 rings (SSSR count). The van der Waals surface area contributed by atoms with E-state index in [0.29, 0.717) is 23.6 Å². The van der Waals surface area contributed by atoms with Crippen molar-refractivity contribution < 1.29 is 14.7 Å². The van der Waals surface area contributed by atoms with E-state index in [4.69, 9.17) is 5.73 Å². The van der Waals surface area contributed by atoms with E-state index in [1.165, 1.54) is 0 Å². The topological polar surface area (TPSA) is 105 Å². The number of pyridine rings is 1. The monoisotopic (exact) mass is 291 g/mol. The summed E-state index contributed by atoms with van der Waals surface area (Å²) in [5.74, 6) is -0.859. The van der Waals surface area contributed by atoms with E-state index in [0.717, 1.165) is 25.7 Å². The second-order valence-electron chi connectivity index (χ2n) is 5.62. The van der Waals surface area contributed by atoms with Gasteiger partial charge in [-0.05, 0) is 37.8 Å². The summed E-state index contributed by atoms with van der Waals surface area (Å²) in [5, 5.41) is 12.4. The molecule has 1 aromatic heterocycles. The molecule has 0 aliphatic heterocycles. The molecule has 21 heavy (non-hydrogen) atoms. The third kappa shape index (κ3) is 3.93. The Hall–Kier alpha value is -2.11. The van der Waals surface area contributed by atoms with Gasteiger partial charge in [0.15, 0.2) is 0 Å². The van der Waals surface area contributed by atoms with Gasteiger partial charge in [0.25, 0.3) is 0 Å². The van der Waals surface area contributed by atoms with E-state index < -0.39 is 11.9 Å². The number of carbonyl (C=O) groups is 2. The molecule has 0 saturated heterocycles. The number of nitrogens with one attached hydrogen (secondary N) is 1. The maximum atomic E-state index is 11.3. The van der Waals surface area contributed by atoms with Crippen LogP contribution in [0.5, 0.6) is 0 Å². The molecule has 0 radical (unpaired) electrons. The Labute approximate surface area is 123 Å². The van der Waals surface area contributed by atoms with Crippen LogP contribution in [0, 0.1) is 18.8 Å². The molecular formula is C15H21N3O3. The number of anilines is 1. The molecule has 1 saturated carbocycles. The SMILES string of the molecule is Cc1cc(C(N)=O)cc(NCC2CCCCC2C(=O)O)n1. The van der Waals surface area contributed by atoms with Crippen molar-refractivity contribution in [2.24, 2.45) is 17.6 Å². The minimum absolute atomic E-state index is 0.0931. The summed E-state index contributed by atoms with van der Waals surface area (Å²) in [4.78, 5) is 26.8. The smallest absolute Gasteiger partial charge is 0.306 e. The van der Waals surface area contributed by atoms with Crippen LogP contribution >= 0.6 is 0 Å². The van der Waals surface area contributed by atoms with Crippen molar-refractivity contribution in [1.29, 1.82) is 0 Å². The number of carboxylic acids is 1. The van der Waals surface area contributed by atoms with Crippen molar-refractivity contribution in [3.8, 4) is 0 Å². The minimum atomic E-state index is -0.725. The van der Waals surface area contributed by atoms with Crippen LogP contribution in [0.15, 0.2) is 12.1 Å². The molecule has 1 heterocycles. The normalized spacial score (nSPS) is 21.8. The van der Waals surface area contributed by atoms with Crippen LogP contribution in [0.3, 0.4) is 0 Å². The number of rotatable bonds is 5. The fraction of sp³-hybridized carbons (Fsp3) is 0.533. The molecule has 0 bridgehead atoms. The van der Waals surface area contributed by atoms with E-state index in [-0.39, 0.29) is 11.8 Å². The van der Waals surface area contributed by atoms with Gasteiger partial charge in [0.1, 0.15) is 5.82 Å². The molecule has 6 heteroatoms. The predicted octanol–water partition coefficient (Wildman–Crippen LogP) is 1.79. The summed E-state index contributed by atoms with van der Waals surface area (Å²) in [7, 11) is 0. The van der Waals surface area contributed by atoms with E-state index in [9.17, 15) is 14.7 Å². The number of carbonyl (C=O) groups excluding carboxylic acids is 1. The number of hydrogen-bond acceptors (Lipinski definition) is 4. The largest absolute Gasteiger partial charge is 0.481 e. The predicted molar refractivity (Wildman–Crippen MR) is 79.1 cm³/mol. The number of aliphatic carboxylic acids is 1. The van der Waals surface area contributed by atoms with Gasteiger partial charge in [0.2, 0.25) is 5.91 Å². The summed E-state index contributed by atoms with van der Waals surface area (Å²) in [6.07, 6.45) is 3.67. The molecule has 1 aliphatic carbocycles. The zero-order valence-corrected chi connectivity index (χ0v) is 12.1. The maximum Gasteiger partial charge on any atom is 0.306 e. The van der Waals surface area contributed by atoms with Crippen molar-refractivity contribution in [3.05, 3.63) is 23.4 Å². The Balaban J connectivity index is 2.05. The molecule has 114 valence electrons. The van der Waals surface area contributed by atoms with Crippen LogP contribution in [0.25, 0.3) is 0 Å². The summed E-state index contributed by atoms with van der Waals surface area (Å²) in [5.41, 5.74) is 6.39. The number of aryl methyl sites for hydroxylation is 1. The number of carboxylic acid groups (broad SMARTS) is 1. The second-order valence-corrected chi connectivity index (χ2v) is 5.62. The maximum absolute atomic E-state index is 11.3. The Morgan fingerprint density at radius 3 is 2.76 bits per heavy atom. The number of hydrogen-bond donors (Lipinski definition) is 3. The van der Waals surface area contributed by atoms with Gasteiger partial charge in [0, 0.05) is 17.8 Å². The fourth-order valence-electron chi connectivity index (χ4n) is 2.91. The van der Waals surface area contributed by atoms with E-state index in [1.54, 1.807) is 19.1 Å². The lowest BCUT2D eigenvalue weighted by Crippen LogP contribution is -2.32. The van der Waals surface area contributed by atoms with Crippen molar-refractivity contribution in [2.45, 2.75) is 32.6 Å². The highest BCUT2D eigenvalue weighted by atomic mass is 16.4. The molecule has 4 N–H and O–H groups in total. The third-order valence-corrected chi connectivity index (χ3v) is 4.01. The summed E-state index contributed by atoms with van der Waals surface area (Å²) >= 11 is 0. The van der Waals surface area contributed by atoms with Crippen LogP contribution in [-0.2, 0) is 4.79 Å². The Kier molecular flexibility index (Phi) is 4.77. The number of nitrogens with two attached hydrogens (primary N) is 1. The lowest BCUT2D eigenvalue weighted by Gasteiger charge is -2.28. The quantitative estimate of drug-likeness (QED) is 0.767. The first-order valence-electron chi connectivity index (χ1n) is 7.22. The molecule has 6 nitrogen and oxygen atoms in total. The number of primary amides is 1. The Morgan fingerprint density at radius 1 is 1.38 bits per heavy atom. The molecule has 0 spiro atoms. The van der Waals surface area contributed by atoms with Crippen molar-refractivity contribution in [3.63, 3.8) is 0 Å². The van der Waals surface area contributed by atoms with Gasteiger partial charge in [-0.1, -0.05) is 12.8 Å². The van der Waals surface area contributed by atoms with Crippen LogP contribution in [-0.4, -0.2) is 28.5 Å². The summed E-state index contributed by atoms with van der Waals surface area (Å²) < 4.78 is 0. The molecular weight excluding hydrogens is 270 g/mol. The minimum Gasteiger partial charge on any atom is -0.481 e. The molecule has 2 atom stereocenters. The van der Waals surface area contributed by atoms with E-state index in [2.05, 4.69) is 10.3 Å². The average Bonchev–Trinajstić information content (AvgIpc) is 2.44. The Morgan fingerprint density at radius 2 is 2.10 bits per heavy atom. The fourth-order valence-corrected chi connectivity index (χ4v) is 2.91. The van der Waals surface area contributed by atoms with Gasteiger partial charge in [-0.25, -0.2) is 4.98 Å². The number of amides is 1. The second kappa shape index (κ2) is 6.56. The van der Waals surface area contributed by atoms with Gasteiger partial charge < -0.3 is 16.2 Å². The molecule has 1 aromatic rings. The van der Waals surface area contributed by atoms with Crippen LogP contribution in [0.2, 0.25) is 0 Å². The van der Waals surface area contributed by atoms with Gasteiger partial charge in [-0.2, -0.15) is 0 Å². The van der Waals surface area contributed by atoms with Crippen molar-refractivity contribution >= 4 is 17.7 Å². The third-order valence-electron chi connectivity index (χ3n) is 4.01. The summed E-state index contributed by atoms with van der Waals surface area (Å²) in [6.45, 7) is 2.34. The lowest BCUT2D eigenvalue weighted by molar-refractivity contribution is -0.144. The first-order chi connectivity index (χ1) is 9.97. The zero-order valence-electron chi connectivity index (χ0n) is 12.1. The van der Waals surface area contributed by atoms with E-state index >= 15 is 0 Å². The highest BCUT2D eigenvalue weighted by molar-refractivity contribution is 5.93. The molecule has 0 aromatic carbocycles. The van der Waals surface area contributed by atoms with Crippen molar-refractivity contribution in [2.75, 3.05) is 11.9 Å². The van der Waals surface area contributed by atoms with Crippen LogP contribution in [0.4, 0.5) is 5.82 Å². The summed E-state index contributed by atoms with van der Waals surface area (Å²) in [6, 6.07) is 3.24. The molecule has 1 amide bonds. The average molecular weight is 291 g/mol.